The number of hydrogen-bond donors (Lipinski definition) is 2. The highest BCUT2D eigenvalue weighted by Gasteiger charge is 2.15. The van der Waals surface area contributed by atoms with Gasteiger partial charge in [-0.05, 0) is 31.4 Å². The number of rotatable bonds is 2. The monoisotopic (exact) mass is 322 g/mol. The molecule has 0 bridgehead atoms. The van der Waals surface area contributed by atoms with Crippen LogP contribution in [0.2, 0.25) is 0 Å². The van der Waals surface area contributed by atoms with E-state index < -0.39 is 5.91 Å². The number of nitrogens with zero attached hydrogens (tertiary/aromatic N) is 1. The van der Waals surface area contributed by atoms with E-state index in [0.29, 0.717) is 31.0 Å². The first-order chi connectivity index (χ1) is 11.2. The summed E-state index contributed by atoms with van der Waals surface area (Å²) in [6.45, 7) is 3.36. The molecule has 1 aromatic carbocycles. The van der Waals surface area contributed by atoms with E-state index in [9.17, 15) is 9.59 Å². The van der Waals surface area contributed by atoms with Gasteiger partial charge in [0.05, 0.1) is 6.54 Å². The maximum Gasteiger partial charge on any atom is 0.274 e. The van der Waals surface area contributed by atoms with E-state index in [1.165, 1.54) is 19.3 Å². The summed E-state index contributed by atoms with van der Waals surface area (Å²) < 4.78 is 10.5. The van der Waals surface area contributed by atoms with Gasteiger partial charge < -0.3 is 14.4 Å². The molecule has 1 aromatic rings. The molecule has 2 N–H and O–H groups in total. The summed E-state index contributed by atoms with van der Waals surface area (Å²) >= 11 is 0. The molecule has 23 heavy (non-hydrogen) atoms. The number of benzene rings is 1. The molecule has 1 fully saturated rings. The van der Waals surface area contributed by atoms with Crippen LogP contribution in [0, 0.1) is 0 Å². The fraction of sp³-hybridized carbons (Fsp3) is 0.500. The molecule has 0 unspecified atom stereocenters. The summed E-state index contributed by atoms with van der Waals surface area (Å²) in [4.78, 5) is 23.5. The summed E-state index contributed by atoms with van der Waals surface area (Å²) in [5.41, 5.74) is 2.71. The second-order valence-electron chi connectivity index (χ2n) is 5.36. The highest BCUT2D eigenvalue weighted by molar-refractivity contribution is 5.93. The van der Waals surface area contributed by atoms with E-state index >= 15 is 0 Å². The fourth-order valence-corrected chi connectivity index (χ4v) is 2.37. The normalized spacial score (nSPS) is 16.8. The first kappa shape index (κ1) is 17.2. The number of nitrogens with one attached hydrogen (secondary N) is 1. The lowest BCUT2D eigenvalue weighted by Crippen LogP contribution is -2.23. The van der Waals surface area contributed by atoms with Crippen LogP contribution in [0.15, 0.2) is 18.2 Å². The maximum atomic E-state index is 11.2. The molecule has 0 spiro atoms. The molecule has 7 nitrogen and oxygen atoms in total. The van der Waals surface area contributed by atoms with Crippen molar-refractivity contribution in [3.05, 3.63) is 29.3 Å². The van der Waals surface area contributed by atoms with Gasteiger partial charge in [-0.1, -0.05) is 6.07 Å². The third kappa shape index (κ3) is 5.22. The molecule has 2 aliphatic rings. The summed E-state index contributed by atoms with van der Waals surface area (Å²) in [6, 6.07) is 4.83. The Morgan fingerprint density at radius 1 is 1.22 bits per heavy atom. The minimum atomic E-state index is -0.590. The van der Waals surface area contributed by atoms with Crippen molar-refractivity contribution >= 4 is 12.3 Å². The van der Waals surface area contributed by atoms with Gasteiger partial charge in [0.2, 0.25) is 6.41 Å². The minimum Gasteiger partial charge on any atom is -0.491 e. The quantitative estimate of drug-likeness (QED) is 0.487. The van der Waals surface area contributed by atoms with Crippen molar-refractivity contribution in [2.45, 2.75) is 25.8 Å². The van der Waals surface area contributed by atoms with Gasteiger partial charge in [-0.2, -0.15) is 0 Å². The van der Waals surface area contributed by atoms with Gasteiger partial charge in [0.15, 0.2) is 0 Å². The molecule has 2 heterocycles. The molecular weight excluding hydrogens is 300 g/mol. The SMILES string of the molecule is C1CCOCC1.O=CN1CCOc2cc(C(=O)NO)ccc2C1. The summed E-state index contributed by atoms with van der Waals surface area (Å²) in [7, 11) is 0. The van der Waals surface area contributed by atoms with Gasteiger partial charge >= 0.3 is 0 Å². The number of carbonyl (C=O) groups excluding carboxylic acids is 2. The topological polar surface area (TPSA) is 88.1 Å². The molecule has 0 radical (unpaired) electrons. The number of amides is 2. The van der Waals surface area contributed by atoms with Crippen LogP contribution >= 0.6 is 0 Å². The van der Waals surface area contributed by atoms with E-state index in [2.05, 4.69) is 0 Å². The lowest BCUT2D eigenvalue weighted by Gasteiger charge is -2.12. The average molecular weight is 322 g/mol. The molecule has 0 aliphatic carbocycles. The van der Waals surface area contributed by atoms with Crippen molar-refractivity contribution in [2.75, 3.05) is 26.4 Å². The van der Waals surface area contributed by atoms with Crippen LogP contribution in [0.3, 0.4) is 0 Å². The van der Waals surface area contributed by atoms with Crippen LogP contribution in [0.4, 0.5) is 0 Å². The largest absolute Gasteiger partial charge is 0.491 e. The summed E-state index contributed by atoms with van der Waals surface area (Å²) in [6.07, 6.45) is 4.70. The number of fused-ring (bicyclic) bond motifs is 1. The number of ether oxygens (including phenoxy) is 2. The van der Waals surface area contributed by atoms with E-state index in [1.54, 1.807) is 28.6 Å². The van der Waals surface area contributed by atoms with Crippen molar-refractivity contribution < 1.29 is 24.3 Å². The molecule has 126 valence electrons. The van der Waals surface area contributed by atoms with Gasteiger partial charge in [0, 0.05) is 30.9 Å². The second kappa shape index (κ2) is 9.12. The zero-order valence-electron chi connectivity index (χ0n) is 13.0. The van der Waals surface area contributed by atoms with Gasteiger partial charge in [0.25, 0.3) is 5.91 Å². The standard InChI is InChI=1S/C11H12N2O4.C5H10O/c14-7-13-3-4-17-10-5-8(11(15)12-16)1-2-9(10)6-13;1-2-4-6-5-3-1/h1-2,5,7,16H,3-4,6H2,(H,12,15);1-5H2. The zero-order chi connectivity index (χ0) is 16.5. The lowest BCUT2D eigenvalue weighted by molar-refractivity contribution is -0.118. The Kier molecular flexibility index (Phi) is 6.83. The van der Waals surface area contributed by atoms with Crippen molar-refractivity contribution in [2.24, 2.45) is 0 Å². The Bertz CT molecular complexity index is 520. The van der Waals surface area contributed by atoms with Crippen LogP contribution in [0.5, 0.6) is 5.75 Å². The van der Waals surface area contributed by atoms with Crippen molar-refractivity contribution in [3.8, 4) is 5.75 Å². The van der Waals surface area contributed by atoms with Crippen LogP contribution in [0.25, 0.3) is 0 Å². The average Bonchev–Trinajstić information content (AvgIpc) is 2.84. The third-order valence-electron chi connectivity index (χ3n) is 3.67. The van der Waals surface area contributed by atoms with Crippen molar-refractivity contribution in [1.29, 1.82) is 0 Å². The first-order valence-electron chi connectivity index (χ1n) is 7.72. The molecule has 0 atom stereocenters. The molecule has 0 aromatic heterocycles. The van der Waals surface area contributed by atoms with Gasteiger partial charge in [-0.3, -0.25) is 14.8 Å². The van der Waals surface area contributed by atoms with Gasteiger partial charge in [-0.25, -0.2) is 5.48 Å². The highest BCUT2D eigenvalue weighted by Crippen LogP contribution is 2.24. The van der Waals surface area contributed by atoms with E-state index in [0.717, 1.165) is 25.2 Å². The van der Waals surface area contributed by atoms with Crippen molar-refractivity contribution in [1.82, 2.24) is 10.4 Å². The predicted octanol–water partition coefficient (Wildman–Crippen LogP) is 1.34. The molecule has 3 rings (SSSR count). The highest BCUT2D eigenvalue weighted by atomic mass is 16.5. The maximum absolute atomic E-state index is 11.2. The van der Waals surface area contributed by atoms with Crippen LogP contribution < -0.4 is 10.2 Å². The van der Waals surface area contributed by atoms with Crippen LogP contribution in [0.1, 0.15) is 35.2 Å². The second-order valence-corrected chi connectivity index (χ2v) is 5.36. The Hall–Kier alpha value is -2.12. The van der Waals surface area contributed by atoms with E-state index in [-0.39, 0.29) is 0 Å². The molecule has 1 saturated heterocycles. The van der Waals surface area contributed by atoms with Gasteiger partial charge in [-0.15, -0.1) is 0 Å². The summed E-state index contributed by atoms with van der Waals surface area (Å²) in [5, 5.41) is 8.53. The predicted molar refractivity (Wildman–Crippen MR) is 82.3 cm³/mol. The molecule has 7 heteroatoms. The van der Waals surface area contributed by atoms with Gasteiger partial charge in [0.1, 0.15) is 12.4 Å². The lowest BCUT2D eigenvalue weighted by atomic mass is 10.1. The molecule has 0 saturated carbocycles. The number of carbonyl (C=O) groups is 2. The molecular formula is C16H22N2O5. The molecule has 2 amide bonds. The van der Waals surface area contributed by atoms with Crippen molar-refractivity contribution in [3.63, 3.8) is 0 Å². The minimum absolute atomic E-state index is 0.311. The zero-order valence-corrected chi connectivity index (χ0v) is 13.0. The fourth-order valence-electron chi connectivity index (χ4n) is 2.37. The summed E-state index contributed by atoms with van der Waals surface area (Å²) in [5.74, 6) is -0.0247. The first-order valence-corrected chi connectivity index (χ1v) is 7.72. The smallest absolute Gasteiger partial charge is 0.274 e. The number of hydrogen-bond acceptors (Lipinski definition) is 5. The Labute approximate surface area is 135 Å². The van der Waals surface area contributed by atoms with Crippen LogP contribution in [-0.2, 0) is 16.1 Å². The Morgan fingerprint density at radius 2 is 2.00 bits per heavy atom. The number of hydroxylamine groups is 1. The Morgan fingerprint density at radius 3 is 2.57 bits per heavy atom. The van der Waals surface area contributed by atoms with E-state index in [4.69, 9.17) is 14.7 Å². The molecule has 2 aliphatic heterocycles. The Balaban J connectivity index is 0.000000268. The van der Waals surface area contributed by atoms with E-state index in [1.807, 2.05) is 0 Å². The van der Waals surface area contributed by atoms with Crippen LogP contribution in [-0.4, -0.2) is 48.8 Å². The third-order valence-corrected chi connectivity index (χ3v) is 3.67.